The zero-order valence-corrected chi connectivity index (χ0v) is 8.27. The highest BCUT2D eigenvalue weighted by molar-refractivity contribution is 6.30. The Hall–Kier alpha value is -0.730. The van der Waals surface area contributed by atoms with Gasteiger partial charge in [0.15, 0.2) is 0 Å². The fourth-order valence-electron chi connectivity index (χ4n) is 1.60. The van der Waals surface area contributed by atoms with Crippen molar-refractivity contribution in [1.29, 1.82) is 0 Å². The third-order valence-corrected chi connectivity index (χ3v) is 2.67. The van der Waals surface area contributed by atoms with Crippen LogP contribution in [0.25, 0.3) is 0 Å². The summed E-state index contributed by atoms with van der Waals surface area (Å²) >= 11 is 5.85. The van der Waals surface area contributed by atoms with Gasteiger partial charge in [-0.2, -0.15) is 0 Å². The molecule has 1 unspecified atom stereocenters. The Bertz CT molecular complexity index is 336. The minimum atomic E-state index is -0.280. The topological polar surface area (TPSA) is 35.2 Å². The van der Waals surface area contributed by atoms with Crippen molar-refractivity contribution in [3.63, 3.8) is 0 Å². The van der Waals surface area contributed by atoms with Crippen molar-refractivity contribution < 1.29 is 4.74 Å². The summed E-state index contributed by atoms with van der Waals surface area (Å²) in [5.74, 6) is 0.823. The van der Waals surface area contributed by atoms with E-state index in [4.69, 9.17) is 22.1 Å². The molecule has 70 valence electrons. The Morgan fingerprint density at radius 3 is 3.08 bits per heavy atom. The molecule has 1 heterocycles. The Labute approximate surface area is 82.6 Å². The highest BCUT2D eigenvalue weighted by atomic mass is 35.5. The predicted molar refractivity (Wildman–Crippen MR) is 53.1 cm³/mol. The summed E-state index contributed by atoms with van der Waals surface area (Å²) in [6, 6.07) is 5.61. The largest absolute Gasteiger partial charge is 0.493 e. The van der Waals surface area contributed by atoms with Crippen molar-refractivity contribution in [2.45, 2.75) is 18.9 Å². The highest BCUT2D eigenvalue weighted by Gasteiger charge is 2.28. The molecule has 0 saturated heterocycles. The van der Waals surface area contributed by atoms with Gasteiger partial charge in [-0.25, -0.2) is 0 Å². The molecule has 0 saturated carbocycles. The van der Waals surface area contributed by atoms with Crippen LogP contribution in [-0.4, -0.2) is 6.61 Å². The van der Waals surface area contributed by atoms with Crippen LogP contribution in [0.5, 0.6) is 5.75 Å². The summed E-state index contributed by atoms with van der Waals surface area (Å²) in [6.45, 7) is 2.68. The van der Waals surface area contributed by atoms with Crippen molar-refractivity contribution in [3.8, 4) is 5.75 Å². The molecule has 0 spiro atoms. The fourth-order valence-corrected chi connectivity index (χ4v) is 1.76. The first-order chi connectivity index (χ1) is 6.09. The van der Waals surface area contributed by atoms with E-state index in [-0.39, 0.29) is 5.54 Å². The lowest BCUT2D eigenvalue weighted by Crippen LogP contribution is -2.38. The van der Waals surface area contributed by atoms with E-state index < -0.39 is 0 Å². The van der Waals surface area contributed by atoms with Crippen molar-refractivity contribution in [1.82, 2.24) is 0 Å². The van der Waals surface area contributed by atoms with E-state index >= 15 is 0 Å². The number of hydrogen-bond acceptors (Lipinski definition) is 2. The third-order valence-electron chi connectivity index (χ3n) is 2.44. The van der Waals surface area contributed by atoms with Gasteiger partial charge < -0.3 is 10.5 Å². The van der Waals surface area contributed by atoms with Crippen LogP contribution in [-0.2, 0) is 5.54 Å². The molecule has 1 atom stereocenters. The van der Waals surface area contributed by atoms with E-state index in [0.717, 1.165) is 17.7 Å². The van der Waals surface area contributed by atoms with E-state index in [0.29, 0.717) is 11.6 Å². The Morgan fingerprint density at radius 2 is 2.31 bits per heavy atom. The van der Waals surface area contributed by atoms with Gasteiger partial charge in [0.2, 0.25) is 0 Å². The Morgan fingerprint density at radius 1 is 1.54 bits per heavy atom. The maximum Gasteiger partial charge on any atom is 0.125 e. The van der Waals surface area contributed by atoms with Gasteiger partial charge in [0.1, 0.15) is 5.75 Å². The molecule has 0 fully saturated rings. The van der Waals surface area contributed by atoms with E-state index in [1.165, 1.54) is 0 Å². The monoisotopic (exact) mass is 197 g/mol. The number of hydrogen-bond donors (Lipinski definition) is 1. The Balaban J connectivity index is 2.53. The van der Waals surface area contributed by atoms with Gasteiger partial charge in [-0.1, -0.05) is 17.7 Å². The van der Waals surface area contributed by atoms with Gasteiger partial charge in [0.25, 0.3) is 0 Å². The normalized spacial score (nSPS) is 26.4. The molecule has 0 bridgehead atoms. The van der Waals surface area contributed by atoms with Crippen molar-refractivity contribution in [2.75, 3.05) is 6.61 Å². The van der Waals surface area contributed by atoms with Gasteiger partial charge >= 0.3 is 0 Å². The maximum atomic E-state index is 6.12. The molecule has 3 heteroatoms. The molecule has 0 aliphatic carbocycles. The number of benzene rings is 1. The lowest BCUT2D eigenvalue weighted by Gasteiger charge is -2.32. The van der Waals surface area contributed by atoms with Crippen LogP contribution < -0.4 is 10.5 Å². The number of fused-ring (bicyclic) bond motifs is 1. The minimum Gasteiger partial charge on any atom is -0.493 e. The number of halogens is 1. The number of ether oxygens (including phenoxy) is 1. The molecule has 2 nitrogen and oxygen atoms in total. The highest BCUT2D eigenvalue weighted by Crippen LogP contribution is 2.36. The number of rotatable bonds is 0. The average molecular weight is 198 g/mol. The van der Waals surface area contributed by atoms with Gasteiger partial charge in [0, 0.05) is 22.5 Å². The van der Waals surface area contributed by atoms with Gasteiger partial charge in [-0.05, 0) is 19.1 Å². The summed E-state index contributed by atoms with van der Waals surface area (Å²) in [5.41, 5.74) is 6.88. The molecule has 0 aromatic heterocycles. The van der Waals surface area contributed by atoms with E-state index in [2.05, 4.69) is 0 Å². The summed E-state index contributed by atoms with van der Waals surface area (Å²) < 4.78 is 5.48. The predicted octanol–water partition coefficient (Wildman–Crippen LogP) is 2.30. The molecule has 0 amide bonds. The minimum absolute atomic E-state index is 0.280. The fraction of sp³-hybridized carbons (Fsp3) is 0.400. The van der Waals surface area contributed by atoms with Gasteiger partial charge in [-0.3, -0.25) is 0 Å². The second kappa shape index (κ2) is 2.89. The van der Waals surface area contributed by atoms with Crippen LogP contribution >= 0.6 is 11.6 Å². The van der Waals surface area contributed by atoms with Gasteiger partial charge in [0.05, 0.1) is 6.61 Å². The van der Waals surface area contributed by atoms with Gasteiger partial charge in [-0.15, -0.1) is 0 Å². The molecule has 0 radical (unpaired) electrons. The molecule has 13 heavy (non-hydrogen) atoms. The van der Waals surface area contributed by atoms with E-state index in [9.17, 15) is 0 Å². The van der Waals surface area contributed by atoms with Crippen molar-refractivity contribution in [3.05, 3.63) is 28.8 Å². The average Bonchev–Trinajstić information content (AvgIpc) is 2.02. The van der Waals surface area contributed by atoms with E-state index in [1.54, 1.807) is 0 Å². The summed E-state index contributed by atoms with van der Waals surface area (Å²) in [6.07, 6.45) is 0.849. The van der Waals surface area contributed by atoms with E-state index in [1.807, 2.05) is 25.1 Å². The lowest BCUT2D eigenvalue weighted by atomic mass is 9.88. The standard InChI is InChI=1S/C10H12ClNO/c1-10(12)4-5-13-9-6-7(11)2-3-8(9)10/h2-3,6H,4-5,12H2,1H3. The second-order valence-electron chi connectivity index (χ2n) is 3.66. The smallest absolute Gasteiger partial charge is 0.125 e. The van der Waals surface area contributed by atoms with Crippen molar-refractivity contribution >= 4 is 11.6 Å². The lowest BCUT2D eigenvalue weighted by molar-refractivity contribution is 0.227. The van der Waals surface area contributed by atoms with Crippen LogP contribution in [0, 0.1) is 0 Å². The zero-order chi connectivity index (χ0) is 9.47. The summed E-state index contributed by atoms with van der Waals surface area (Å²) in [4.78, 5) is 0. The van der Waals surface area contributed by atoms with Crippen LogP contribution in [0.3, 0.4) is 0 Å². The molecule has 1 aromatic carbocycles. The van der Waals surface area contributed by atoms with Crippen LogP contribution in [0.2, 0.25) is 5.02 Å². The second-order valence-corrected chi connectivity index (χ2v) is 4.09. The molecule has 1 aromatic rings. The summed E-state index contributed by atoms with van der Waals surface area (Å²) in [7, 11) is 0. The number of nitrogens with two attached hydrogens (primary N) is 1. The maximum absolute atomic E-state index is 6.12. The summed E-state index contributed by atoms with van der Waals surface area (Å²) in [5, 5.41) is 0.691. The first-order valence-corrected chi connectivity index (χ1v) is 4.69. The quantitative estimate of drug-likeness (QED) is 0.693. The molecule has 1 aliphatic rings. The molecular weight excluding hydrogens is 186 g/mol. The van der Waals surface area contributed by atoms with Crippen molar-refractivity contribution in [2.24, 2.45) is 5.73 Å². The molecule has 2 rings (SSSR count). The Kier molecular flexibility index (Phi) is 1.97. The van der Waals surface area contributed by atoms with Crippen LogP contribution in [0.1, 0.15) is 18.9 Å². The molecule has 2 N–H and O–H groups in total. The molecule has 1 aliphatic heterocycles. The first kappa shape index (κ1) is 8.85. The molecular formula is C10H12ClNO. The van der Waals surface area contributed by atoms with Crippen LogP contribution in [0.15, 0.2) is 18.2 Å². The first-order valence-electron chi connectivity index (χ1n) is 4.31. The SMILES string of the molecule is CC1(N)CCOc2cc(Cl)ccc21. The third kappa shape index (κ3) is 1.52. The van der Waals surface area contributed by atoms with Crippen LogP contribution in [0.4, 0.5) is 0 Å². The zero-order valence-electron chi connectivity index (χ0n) is 7.51.